The third-order valence-electron chi connectivity index (χ3n) is 2.91. The van der Waals surface area contributed by atoms with Crippen LogP contribution in [-0.4, -0.2) is 30.0 Å². The maximum atomic E-state index is 12.2. The minimum atomic E-state index is -0.432. The van der Waals surface area contributed by atoms with Gasteiger partial charge in [-0.25, -0.2) is 0 Å². The molecule has 1 aromatic rings. The van der Waals surface area contributed by atoms with Crippen molar-refractivity contribution in [3.05, 3.63) is 47.2 Å². The lowest BCUT2D eigenvalue weighted by Gasteiger charge is -2.14. The van der Waals surface area contributed by atoms with Gasteiger partial charge in [-0.3, -0.25) is 9.59 Å². The summed E-state index contributed by atoms with van der Waals surface area (Å²) in [6.07, 6.45) is 1.85. The average molecular weight is 277 g/mol. The Hall–Kier alpha value is -1.75. The number of carbonyl (C=O) groups is 2. The number of nitrogens with one attached hydrogen (secondary N) is 1. The molecule has 1 aliphatic rings. The molecule has 19 heavy (non-hydrogen) atoms. The summed E-state index contributed by atoms with van der Waals surface area (Å²) in [5.74, 6) is 0.169. The van der Waals surface area contributed by atoms with Crippen LogP contribution in [0.5, 0.6) is 0 Å². The topological polar surface area (TPSA) is 55.4 Å². The number of hydrogen-bond acceptors (Lipinski definition) is 4. The number of aryl methyl sites for hydroxylation is 1. The molecule has 0 saturated heterocycles. The van der Waals surface area contributed by atoms with Gasteiger partial charge in [-0.05, 0) is 18.6 Å². The van der Waals surface area contributed by atoms with Crippen LogP contribution >= 0.6 is 11.8 Å². The van der Waals surface area contributed by atoms with E-state index in [4.69, 9.17) is 4.74 Å². The fourth-order valence-corrected chi connectivity index (χ4v) is 2.91. The number of hydrogen-bond donors (Lipinski definition) is 1. The molecule has 2 rings (SSSR count). The highest BCUT2D eigenvalue weighted by Gasteiger charge is 2.29. The predicted molar refractivity (Wildman–Crippen MR) is 75.0 cm³/mol. The van der Waals surface area contributed by atoms with Crippen molar-refractivity contribution >= 4 is 23.6 Å². The van der Waals surface area contributed by atoms with E-state index >= 15 is 0 Å². The summed E-state index contributed by atoms with van der Waals surface area (Å²) in [5, 5.41) is 2.37. The Balaban J connectivity index is 2.11. The van der Waals surface area contributed by atoms with Crippen molar-refractivity contribution in [3.63, 3.8) is 0 Å². The molecule has 0 radical (unpaired) electrons. The molecule has 1 unspecified atom stereocenters. The Kier molecular flexibility index (Phi) is 4.27. The van der Waals surface area contributed by atoms with Crippen molar-refractivity contribution in [1.29, 1.82) is 0 Å². The van der Waals surface area contributed by atoms with Crippen LogP contribution in [-0.2, 0) is 9.53 Å². The smallest absolute Gasteiger partial charge is 0.324 e. The van der Waals surface area contributed by atoms with Crippen LogP contribution in [0.1, 0.15) is 15.9 Å². The van der Waals surface area contributed by atoms with E-state index in [1.807, 2.05) is 31.2 Å². The van der Waals surface area contributed by atoms with Crippen LogP contribution in [0, 0.1) is 6.92 Å². The van der Waals surface area contributed by atoms with E-state index in [1.165, 1.54) is 18.9 Å². The third kappa shape index (κ3) is 2.98. The van der Waals surface area contributed by atoms with Gasteiger partial charge in [-0.1, -0.05) is 24.3 Å². The summed E-state index contributed by atoms with van der Waals surface area (Å²) in [6.45, 7) is 1.88. The summed E-state index contributed by atoms with van der Waals surface area (Å²) >= 11 is 1.44. The fourth-order valence-electron chi connectivity index (χ4n) is 1.88. The van der Waals surface area contributed by atoms with E-state index in [9.17, 15) is 9.59 Å². The summed E-state index contributed by atoms with van der Waals surface area (Å²) in [4.78, 5) is 23.7. The van der Waals surface area contributed by atoms with E-state index in [2.05, 4.69) is 5.32 Å². The molecule has 1 amide bonds. The average Bonchev–Trinajstić information content (AvgIpc) is 2.86. The van der Waals surface area contributed by atoms with Gasteiger partial charge in [0.25, 0.3) is 5.91 Å². The lowest BCUT2D eigenvalue weighted by atomic mass is 10.1. The van der Waals surface area contributed by atoms with Gasteiger partial charge >= 0.3 is 5.97 Å². The molecule has 0 aliphatic carbocycles. The second-order valence-electron chi connectivity index (χ2n) is 4.17. The molecule has 1 N–H and O–H groups in total. The van der Waals surface area contributed by atoms with E-state index in [0.29, 0.717) is 17.0 Å². The van der Waals surface area contributed by atoms with Crippen molar-refractivity contribution in [2.45, 2.75) is 12.2 Å². The van der Waals surface area contributed by atoms with Gasteiger partial charge in [0.05, 0.1) is 7.11 Å². The second-order valence-corrected chi connectivity index (χ2v) is 5.30. The van der Waals surface area contributed by atoms with Crippen LogP contribution in [0.4, 0.5) is 0 Å². The molecule has 100 valence electrons. The largest absolute Gasteiger partial charge is 0.468 e. The van der Waals surface area contributed by atoms with E-state index in [-0.39, 0.29) is 11.9 Å². The summed E-state index contributed by atoms with van der Waals surface area (Å²) in [7, 11) is 1.35. The van der Waals surface area contributed by atoms with Crippen molar-refractivity contribution in [2.24, 2.45) is 0 Å². The molecular formula is C14H15NO3S. The van der Waals surface area contributed by atoms with Crippen molar-refractivity contribution in [2.75, 3.05) is 12.9 Å². The molecule has 0 bridgehead atoms. The highest BCUT2D eigenvalue weighted by molar-refractivity contribution is 8.01. The zero-order valence-electron chi connectivity index (χ0n) is 10.8. The molecule has 5 heteroatoms. The van der Waals surface area contributed by atoms with Crippen molar-refractivity contribution < 1.29 is 14.3 Å². The molecule has 1 aromatic carbocycles. The molecule has 0 spiro atoms. The zero-order valence-corrected chi connectivity index (χ0v) is 11.6. The quantitative estimate of drug-likeness (QED) is 0.857. The number of amides is 1. The third-order valence-corrected chi connectivity index (χ3v) is 4.05. The molecule has 1 atom stereocenters. The monoisotopic (exact) mass is 277 g/mol. The van der Waals surface area contributed by atoms with Gasteiger partial charge < -0.3 is 10.1 Å². The Morgan fingerprint density at radius 1 is 1.37 bits per heavy atom. The van der Waals surface area contributed by atoms with Crippen molar-refractivity contribution in [1.82, 2.24) is 5.32 Å². The van der Waals surface area contributed by atoms with Gasteiger partial charge in [-0.15, -0.1) is 11.8 Å². The summed E-state index contributed by atoms with van der Waals surface area (Å²) < 4.78 is 4.72. The van der Waals surface area contributed by atoms with Gasteiger partial charge in [0.2, 0.25) is 0 Å². The first kappa shape index (κ1) is 13.7. The van der Waals surface area contributed by atoms with Crippen molar-refractivity contribution in [3.8, 4) is 0 Å². The molecule has 0 aromatic heterocycles. The molecule has 1 aliphatic heterocycles. The van der Waals surface area contributed by atoms with Crippen LogP contribution in [0.15, 0.2) is 36.0 Å². The van der Waals surface area contributed by atoms with Crippen LogP contribution in [0.3, 0.4) is 0 Å². The Morgan fingerprint density at radius 3 is 2.79 bits per heavy atom. The number of thioether (sulfide) groups is 1. The fraction of sp³-hybridized carbons (Fsp3) is 0.286. The summed E-state index contributed by atoms with van der Waals surface area (Å²) in [5.41, 5.74) is 2.13. The number of benzene rings is 1. The van der Waals surface area contributed by atoms with E-state index < -0.39 is 5.25 Å². The first-order valence-electron chi connectivity index (χ1n) is 5.90. The zero-order chi connectivity index (χ0) is 13.8. The summed E-state index contributed by atoms with van der Waals surface area (Å²) in [6, 6.07) is 7.34. The Bertz CT molecular complexity index is 539. The van der Waals surface area contributed by atoms with Gasteiger partial charge in [0, 0.05) is 17.0 Å². The van der Waals surface area contributed by atoms with E-state index in [0.717, 1.165) is 5.56 Å². The van der Waals surface area contributed by atoms with Gasteiger partial charge in [-0.2, -0.15) is 0 Å². The van der Waals surface area contributed by atoms with Crippen LogP contribution in [0.2, 0.25) is 0 Å². The molecular weight excluding hydrogens is 262 g/mol. The van der Waals surface area contributed by atoms with Gasteiger partial charge in [0.15, 0.2) is 0 Å². The normalized spacial score (nSPS) is 17.8. The second kappa shape index (κ2) is 5.93. The molecule has 1 heterocycles. The Morgan fingerprint density at radius 2 is 2.11 bits per heavy atom. The molecule has 0 saturated carbocycles. The van der Waals surface area contributed by atoms with Gasteiger partial charge in [0.1, 0.15) is 5.25 Å². The number of esters is 1. The number of methoxy groups -OCH3 is 1. The number of carbonyl (C=O) groups excluding carboxylic acids is 2. The molecule has 0 fully saturated rings. The Labute approximate surface area is 116 Å². The highest BCUT2D eigenvalue weighted by atomic mass is 32.2. The van der Waals surface area contributed by atoms with Crippen LogP contribution < -0.4 is 5.32 Å². The maximum Gasteiger partial charge on any atom is 0.324 e. The van der Waals surface area contributed by atoms with E-state index in [1.54, 1.807) is 6.07 Å². The minimum absolute atomic E-state index is 0.194. The maximum absolute atomic E-state index is 12.2. The SMILES string of the molecule is COC(=O)C1SCC=C1NC(=O)c1ccccc1C. The first-order chi connectivity index (χ1) is 9.13. The lowest BCUT2D eigenvalue weighted by Crippen LogP contribution is -2.31. The highest BCUT2D eigenvalue weighted by Crippen LogP contribution is 2.26. The predicted octanol–water partition coefficient (Wildman–Crippen LogP) is 1.90. The standard InChI is InChI=1S/C14H15NO3S/c1-9-5-3-4-6-10(9)13(16)15-11-7-8-19-12(11)14(17)18-2/h3-7,12H,8H2,1-2H3,(H,15,16). The minimum Gasteiger partial charge on any atom is -0.468 e. The lowest BCUT2D eigenvalue weighted by molar-refractivity contribution is -0.139. The number of rotatable bonds is 3. The first-order valence-corrected chi connectivity index (χ1v) is 6.95. The van der Waals surface area contributed by atoms with Crippen LogP contribution in [0.25, 0.3) is 0 Å². The number of ether oxygens (including phenoxy) is 1. The molecule has 4 nitrogen and oxygen atoms in total.